The Kier molecular flexibility index (Phi) is 7.55. The van der Waals surface area contributed by atoms with Gasteiger partial charge in [0.05, 0.1) is 5.92 Å². The van der Waals surface area contributed by atoms with Crippen LogP contribution in [0, 0.1) is 0 Å². The molecule has 0 aliphatic rings. The molecule has 0 bridgehead atoms. The maximum atomic E-state index is 12.7. The van der Waals surface area contributed by atoms with E-state index >= 15 is 0 Å². The Balaban J connectivity index is 0.00000280. The van der Waals surface area contributed by atoms with Crippen molar-refractivity contribution >= 4 is 35.1 Å². The molecule has 3 rings (SSSR count). The topological polar surface area (TPSA) is 78.4 Å². The van der Waals surface area contributed by atoms with Crippen LogP contribution in [0.4, 0.5) is 0 Å². The Bertz CT molecular complexity index is 941. The lowest BCUT2D eigenvalue weighted by atomic mass is 9.94. The summed E-state index contributed by atoms with van der Waals surface area (Å²) in [6, 6.07) is 23.1. The summed E-state index contributed by atoms with van der Waals surface area (Å²) in [7, 11) is 0. The van der Waals surface area contributed by atoms with E-state index in [0.717, 1.165) is 21.9 Å². The van der Waals surface area contributed by atoms with Crippen molar-refractivity contribution in [3.05, 3.63) is 83.9 Å². The Morgan fingerprint density at radius 2 is 1.57 bits per heavy atom. The summed E-state index contributed by atoms with van der Waals surface area (Å²) in [6.45, 7) is 2.13. The van der Waals surface area contributed by atoms with E-state index in [-0.39, 0.29) is 18.3 Å². The zero-order valence-corrected chi connectivity index (χ0v) is 16.3. The van der Waals surface area contributed by atoms with Crippen LogP contribution in [-0.4, -0.2) is 23.1 Å². The molecule has 6 heteroatoms. The van der Waals surface area contributed by atoms with E-state index in [1.807, 2.05) is 72.8 Å². The van der Waals surface area contributed by atoms with Gasteiger partial charge in [-0.15, -0.1) is 12.4 Å². The molecule has 0 radical (unpaired) electrons. The van der Waals surface area contributed by atoms with Gasteiger partial charge >= 0.3 is 5.97 Å². The molecule has 0 heterocycles. The number of carbonyl (C=O) groups is 2. The Hall–Kier alpha value is -2.89. The number of carboxylic acid groups (broad SMARTS) is 1. The van der Waals surface area contributed by atoms with Crippen molar-refractivity contribution in [3.8, 4) is 0 Å². The van der Waals surface area contributed by atoms with Crippen LogP contribution in [-0.2, 0) is 16.1 Å². The molecular formula is C22H23ClN2O3. The van der Waals surface area contributed by atoms with Crippen molar-refractivity contribution in [2.45, 2.75) is 25.6 Å². The summed E-state index contributed by atoms with van der Waals surface area (Å²) < 4.78 is 0. The van der Waals surface area contributed by atoms with E-state index in [1.165, 1.54) is 0 Å². The van der Waals surface area contributed by atoms with E-state index in [1.54, 1.807) is 6.92 Å². The van der Waals surface area contributed by atoms with Crippen molar-refractivity contribution in [2.24, 2.45) is 0 Å². The van der Waals surface area contributed by atoms with Gasteiger partial charge in [-0.05, 0) is 28.8 Å². The highest BCUT2D eigenvalue weighted by molar-refractivity contribution is 5.94. The number of carbonyl (C=O) groups excluding carboxylic acids is 1. The molecular weight excluding hydrogens is 376 g/mol. The third-order valence-electron chi connectivity index (χ3n) is 4.57. The molecule has 3 N–H and O–H groups in total. The van der Waals surface area contributed by atoms with Gasteiger partial charge in [-0.3, -0.25) is 10.1 Å². The summed E-state index contributed by atoms with van der Waals surface area (Å²) in [5, 5.41) is 17.0. The van der Waals surface area contributed by atoms with E-state index < -0.39 is 18.1 Å². The van der Waals surface area contributed by atoms with Gasteiger partial charge in [-0.2, -0.15) is 0 Å². The number of hydrogen-bond acceptors (Lipinski definition) is 3. The van der Waals surface area contributed by atoms with Crippen molar-refractivity contribution in [1.82, 2.24) is 10.6 Å². The fraction of sp³-hybridized carbons (Fsp3) is 0.182. The number of nitrogens with one attached hydrogen (secondary N) is 2. The van der Waals surface area contributed by atoms with Gasteiger partial charge in [0.25, 0.3) is 0 Å². The summed E-state index contributed by atoms with van der Waals surface area (Å²) in [5.74, 6) is -1.93. The maximum absolute atomic E-state index is 12.7. The molecule has 3 aromatic rings. The number of hydrogen-bond donors (Lipinski definition) is 3. The van der Waals surface area contributed by atoms with E-state index in [0.29, 0.717) is 6.54 Å². The number of rotatable bonds is 7. The molecule has 0 saturated heterocycles. The van der Waals surface area contributed by atoms with Crippen LogP contribution in [0.2, 0.25) is 0 Å². The number of benzene rings is 3. The third-order valence-corrected chi connectivity index (χ3v) is 4.57. The lowest BCUT2D eigenvalue weighted by Crippen LogP contribution is -2.51. The predicted octanol–water partition coefficient (Wildman–Crippen LogP) is 3.68. The minimum absolute atomic E-state index is 0. The first kappa shape index (κ1) is 21.4. The zero-order chi connectivity index (χ0) is 19.2. The quantitative estimate of drug-likeness (QED) is 0.530. The van der Waals surface area contributed by atoms with E-state index in [9.17, 15) is 14.7 Å². The first-order valence-corrected chi connectivity index (χ1v) is 8.84. The number of amides is 1. The number of halogens is 1. The highest BCUT2D eigenvalue weighted by atomic mass is 35.5. The smallest absolute Gasteiger partial charge is 0.341 e. The normalized spacial score (nSPS) is 12.6. The Morgan fingerprint density at radius 1 is 0.929 bits per heavy atom. The lowest BCUT2D eigenvalue weighted by molar-refractivity contribution is -0.143. The van der Waals surface area contributed by atoms with Gasteiger partial charge in [0.2, 0.25) is 5.91 Å². The highest BCUT2D eigenvalue weighted by Gasteiger charge is 2.24. The molecule has 3 aromatic carbocycles. The maximum Gasteiger partial charge on any atom is 0.341 e. The minimum Gasteiger partial charge on any atom is -0.479 e. The van der Waals surface area contributed by atoms with Crippen LogP contribution in [0.5, 0.6) is 0 Å². The van der Waals surface area contributed by atoms with Gasteiger partial charge in [-0.1, -0.05) is 72.8 Å². The predicted molar refractivity (Wildman–Crippen MR) is 112 cm³/mol. The fourth-order valence-electron chi connectivity index (χ4n) is 3.05. The Labute approximate surface area is 170 Å². The molecule has 1 amide bonds. The van der Waals surface area contributed by atoms with E-state index in [2.05, 4.69) is 10.6 Å². The highest BCUT2D eigenvalue weighted by Crippen LogP contribution is 2.25. The first-order valence-electron chi connectivity index (χ1n) is 8.84. The van der Waals surface area contributed by atoms with Crippen LogP contribution in [0.1, 0.15) is 24.0 Å². The molecule has 2 atom stereocenters. The van der Waals surface area contributed by atoms with Gasteiger partial charge < -0.3 is 10.4 Å². The van der Waals surface area contributed by atoms with Gasteiger partial charge in [0.15, 0.2) is 6.17 Å². The van der Waals surface area contributed by atoms with Crippen molar-refractivity contribution in [2.75, 3.05) is 0 Å². The summed E-state index contributed by atoms with van der Waals surface area (Å²) in [4.78, 5) is 24.2. The summed E-state index contributed by atoms with van der Waals surface area (Å²) in [6.07, 6.45) is -1.16. The average molecular weight is 399 g/mol. The van der Waals surface area contributed by atoms with E-state index in [4.69, 9.17) is 0 Å². The average Bonchev–Trinajstić information content (AvgIpc) is 2.70. The van der Waals surface area contributed by atoms with Crippen LogP contribution in [0.15, 0.2) is 72.8 Å². The molecule has 2 unspecified atom stereocenters. The monoisotopic (exact) mass is 398 g/mol. The second-order valence-electron chi connectivity index (χ2n) is 6.44. The fourth-order valence-corrected chi connectivity index (χ4v) is 3.05. The molecule has 28 heavy (non-hydrogen) atoms. The molecule has 0 saturated carbocycles. The molecule has 0 aliphatic carbocycles. The van der Waals surface area contributed by atoms with Crippen LogP contribution in [0.25, 0.3) is 10.8 Å². The van der Waals surface area contributed by atoms with Crippen LogP contribution < -0.4 is 10.6 Å². The standard InChI is InChI=1S/C22H22N2O3.ClH/c1-15(18-13-7-11-17-10-5-6-12-19(17)18)21(25)24-20(22(26)27)23-14-16-8-3-2-4-9-16;/h2-13,15,20,23H,14H2,1H3,(H,24,25)(H,26,27);1H. The lowest BCUT2D eigenvalue weighted by Gasteiger charge is -2.20. The summed E-state index contributed by atoms with van der Waals surface area (Å²) in [5.41, 5.74) is 1.82. The van der Waals surface area contributed by atoms with Gasteiger partial charge in [-0.25, -0.2) is 4.79 Å². The third kappa shape index (κ3) is 5.09. The molecule has 0 fully saturated rings. The number of carboxylic acids is 1. The summed E-state index contributed by atoms with van der Waals surface area (Å²) >= 11 is 0. The molecule has 0 aliphatic heterocycles. The second-order valence-corrected chi connectivity index (χ2v) is 6.44. The van der Waals surface area contributed by atoms with Crippen molar-refractivity contribution < 1.29 is 14.7 Å². The number of aliphatic carboxylic acids is 1. The number of fused-ring (bicyclic) bond motifs is 1. The molecule has 5 nitrogen and oxygen atoms in total. The largest absolute Gasteiger partial charge is 0.479 e. The van der Waals surface area contributed by atoms with Crippen molar-refractivity contribution in [3.63, 3.8) is 0 Å². The van der Waals surface area contributed by atoms with Gasteiger partial charge in [0, 0.05) is 6.54 Å². The minimum atomic E-state index is -1.16. The zero-order valence-electron chi connectivity index (χ0n) is 15.5. The molecule has 146 valence electrons. The van der Waals surface area contributed by atoms with Crippen LogP contribution in [0.3, 0.4) is 0 Å². The van der Waals surface area contributed by atoms with Crippen LogP contribution >= 0.6 is 12.4 Å². The van der Waals surface area contributed by atoms with Crippen molar-refractivity contribution in [1.29, 1.82) is 0 Å². The van der Waals surface area contributed by atoms with Gasteiger partial charge in [0.1, 0.15) is 0 Å². The Morgan fingerprint density at radius 3 is 2.29 bits per heavy atom. The first-order chi connectivity index (χ1) is 13.1. The molecule has 0 aromatic heterocycles. The molecule has 0 spiro atoms. The SMILES string of the molecule is CC(C(=O)NC(NCc1ccccc1)C(=O)O)c1cccc2ccccc12.Cl. The second kappa shape index (κ2) is 9.88.